The Kier molecular flexibility index (Phi) is 3.38. The number of imidazole rings is 1. The zero-order chi connectivity index (χ0) is 12.9. The van der Waals surface area contributed by atoms with E-state index in [0.717, 1.165) is 30.0 Å². The van der Waals surface area contributed by atoms with Crippen LogP contribution in [0.2, 0.25) is 0 Å². The summed E-state index contributed by atoms with van der Waals surface area (Å²) in [5.74, 6) is 0. The lowest BCUT2D eigenvalue weighted by Crippen LogP contribution is -2.12. The van der Waals surface area contributed by atoms with Crippen molar-refractivity contribution in [1.29, 1.82) is 0 Å². The standard InChI is InChI=1S/C14H15N5/c1-2-4-14(5-3-1)19-10-12(7-18-19)6-15-8-13-9-16-11-17-13/h1-5,7,9-11,15H,6,8H2,(H,16,17). The van der Waals surface area contributed by atoms with E-state index in [9.17, 15) is 0 Å². The number of aromatic nitrogens is 4. The van der Waals surface area contributed by atoms with Crippen molar-refractivity contribution in [1.82, 2.24) is 25.1 Å². The summed E-state index contributed by atoms with van der Waals surface area (Å²) in [6.07, 6.45) is 7.42. The Bertz CT molecular complexity index is 612. The summed E-state index contributed by atoms with van der Waals surface area (Å²) in [5.41, 5.74) is 3.31. The SMILES string of the molecule is c1ccc(-n2cc(CNCc3cnc[nH]3)cn2)cc1. The molecule has 0 atom stereocenters. The molecule has 5 heteroatoms. The van der Waals surface area contributed by atoms with Crippen LogP contribution in [0.1, 0.15) is 11.3 Å². The number of hydrogen-bond acceptors (Lipinski definition) is 3. The second-order valence-corrected chi connectivity index (χ2v) is 4.31. The van der Waals surface area contributed by atoms with Gasteiger partial charge in [-0.25, -0.2) is 9.67 Å². The molecule has 0 radical (unpaired) electrons. The minimum atomic E-state index is 0.774. The summed E-state index contributed by atoms with van der Waals surface area (Å²) in [5, 5.41) is 7.70. The monoisotopic (exact) mass is 253 g/mol. The number of H-pyrrole nitrogens is 1. The molecular weight excluding hydrogens is 238 g/mol. The number of hydrogen-bond donors (Lipinski definition) is 2. The Balaban J connectivity index is 1.59. The molecule has 0 saturated heterocycles. The normalized spacial score (nSPS) is 10.7. The third-order valence-electron chi connectivity index (χ3n) is 2.86. The zero-order valence-electron chi connectivity index (χ0n) is 10.5. The summed E-state index contributed by atoms with van der Waals surface area (Å²) in [4.78, 5) is 7.04. The fraction of sp³-hybridized carbons (Fsp3) is 0.143. The second-order valence-electron chi connectivity index (χ2n) is 4.31. The van der Waals surface area contributed by atoms with E-state index in [2.05, 4.69) is 20.4 Å². The first-order valence-electron chi connectivity index (χ1n) is 6.19. The van der Waals surface area contributed by atoms with Crippen LogP contribution >= 0.6 is 0 Å². The van der Waals surface area contributed by atoms with Crippen molar-refractivity contribution in [2.45, 2.75) is 13.1 Å². The van der Waals surface area contributed by atoms with Gasteiger partial charge in [-0.3, -0.25) is 0 Å². The molecule has 2 N–H and O–H groups in total. The van der Waals surface area contributed by atoms with Gasteiger partial charge in [0.15, 0.2) is 0 Å². The van der Waals surface area contributed by atoms with Gasteiger partial charge in [-0.05, 0) is 12.1 Å². The van der Waals surface area contributed by atoms with Gasteiger partial charge in [0.25, 0.3) is 0 Å². The number of rotatable bonds is 5. The molecule has 0 aliphatic carbocycles. The Morgan fingerprint density at radius 3 is 2.79 bits per heavy atom. The molecular formula is C14H15N5. The molecule has 3 aromatic rings. The molecule has 0 aliphatic heterocycles. The van der Waals surface area contributed by atoms with Crippen LogP contribution in [0.5, 0.6) is 0 Å². The van der Waals surface area contributed by atoms with Crippen molar-refractivity contribution in [3.63, 3.8) is 0 Å². The predicted octanol–water partition coefficient (Wildman–Crippen LogP) is 1.89. The maximum atomic E-state index is 4.36. The molecule has 5 nitrogen and oxygen atoms in total. The van der Waals surface area contributed by atoms with Crippen LogP contribution in [0.4, 0.5) is 0 Å². The van der Waals surface area contributed by atoms with Crippen LogP contribution < -0.4 is 5.32 Å². The Labute approximate surface area is 111 Å². The van der Waals surface area contributed by atoms with Gasteiger partial charge in [-0.1, -0.05) is 18.2 Å². The van der Waals surface area contributed by atoms with Crippen LogP contribution in [0.15, 0.2) is 55.2 Å². The van der Waals surface area contributed by atoms with E-state index >= 15 is 0 Å². The summed E-state index contributed by atoms with van der Waals surface area (Å²) < 4.78 is 1.88. The largest absolute Gasteiger partial charge is 0.347 e. The molecule has 2 heterocycles. The van der Waals surface area contributed by atoms with E-state index in [-0.39, 0.29) is 0 Å². The van der Waals surface area contributed by atoms with Crippen LogP contribution in [0, 0.1) is 0 Å². The number of benzene rings is 1. The van der Waals surface area contributed by atoms with Gasteiger partial charge in [-0.15, -0.1) is 0 Å². The van der Waals surface area contributed by atoms with E-state index in [1.165, 1.54) is 0 Å². The van der Waals surface area contributed by atoms with E-state index in [1.807, 2.05) is 53.6 Å². The first kappa shape index (κ1) is 11.7. The van der Waals surface area contributed by atoms with Gasteiger partial charge in [0.1, 0.15) is 0 Å². The van der Waals surface area contributed by atoms with Gasteiger partial charge in [-0.2, -0.15) is 5.10 Å². The zero-order valence-corrected chi connectivity index (χ0v) is 10.5. The van der Waals surface area contributed by atoms with Crippen molar-refractivity contribution in [2.75, 3.05) is 0 Å². The fourth-order valence-corrected chi connectivity index (χ4v) is 1.90. The summed E-state index contributed by atoms with van der Waals surface area (Å²) in [6, 6.07) is 10.1. The Morgan fingerprint density at radius 1 is 1.11 bits per heavy atom. The lowest BCUT2D eigenvalue weighted by molar-refractivity contribution is 0.682. The Morgan fingerprint density at radius 2 is 2.00 bits per heavy atom. The average Bonchev–Trinajstić information content (AvgIpc) is 3.11. The molecule has 0 spiro atoms. The van der Waals surface area contributed by atoms with E-state index in [4.69, 9.17) is 0 Å². The summed E-state index contributed by atoms with van der Waals surface area (Å²) in [7, 11) is 0. The topological polar surface area (TPSA) is 58.5 Å². The first-order valence-corrected chi connectivity index (χ1v) is 6.19. The molecule has 0 fully saturated rings. The van der Waals surface area contributed by atoms with Crippen LogP contribution in [0.25, 0.3) is 5.69 Å². The molecule has 2 aromatic heterocycles. The second kappa shape index (κ2) is 5.49. The molecule has 1 aromatic carbocycles. The van der Waals surface area contributed by atoms with E-state index < -0.39 is 0 Å². The number of aromatic amines is 1. The molecule has 0 bridgehead atoms. The van der Waals surface area contributed by atoms with Gasteiger partial charge >= 0.3 is 0 Å². The van der Waals surface area contributed by atoms with E-state index in [1.54, 1.807) is 6.33 Å². The average molecular weight is 253 g/mol. The summed E-state index contributed by atoms with van der Waals surface area (Å²) in [6.45, 7) is 1.56. The molecule has 0 unspecified atom stereocenters. The van der Waals surface area contributed by atoms with Crippen LogP contribution in [0.3, 0.4) is 0 Å². The molecule has 0 amide bonds. The number of nitrogens with zero attached hydrogens (tertiary/aromatic N) is 3. The van der Waals surface area contributed by atoms with E-state index in [0.29, 0.717) is 0 Å². The van der Waals surface area contributed by atoms with Gasteiger partial charge in [0, 0.05) is 36.7 Å². The maximum Gasteiger partial charge on any atom is 0.0922 e. The highest BCUT2D eigenvalue weighted by atomic mass is 15.3. The number of para-hydroxylation sites is 1. The third kappa shape index (κ3) is 2.89. The van der Waals surface area contributed by atoms with Crippen LogP contribution in [-0.4, -0.2) is 19.7 Å². The fourth-order valence-electron chi connectivity index (χ4n) is 1.90. The highest BCUT2D eigenvalue weighted by molar-refractivity contribution is 5.30. The van der Waals surface area contributed by atoms with Gasteiger partial charge < -0.3 is 10.3 Å². The highest BCUT2D eigenvalue weighted by Gasteiger charge is 2.00. The van der Waals surface area contributed by atoms with Crippen molar-refractivity contribution in [3.05, 3.63) is 66.5 Å². The summed E-state index contributed by atoms with van der Waals surface area (Å²) >= 11 is 0. The molecule has 96 valence electrons. The minimum absolute atomic E-state index is 0.774. The number of nitrogens with one attached hydrogen (secondary N) is 2. The molecule has 19 heavy (non-hydrogen) atoms. The lowest BCUT2D eigenvalue weighted by atomic mass is 10.3. The smallest absolute Gasteiger partial charge is 0.0922 e. The predicted molar refractivity (Wildman–Crippen MR) is 72.7 cm³/mol. The van der Waals surface area contributed by atoms with Crippen molar-refractivity contribution < 1.29 is 0 Å². The minimum Gasteiger partial charge on any atom is -0.347 e. The molecule has 0 saturated carbocycles. The van der Waals surface area contributed by atoms with Crippen LogP contribution in [-0.2, 0) is 13.1 Å². The molecule has 0 aliphatic rings. The van der Waals surface area contributed by atoms with Crippen molar-refractivity contribution in [3.8, 4) is 5.69 Å². The van der Waals surface area contributed by atoms with Gasteiger partial charge in [0.05, 0.1) is 18.2 Å². The lowest BCUT2D eigenvalue weighted by Gasteiger charge is -2.01. The first-order chi connectivity index (χ1) is 9.42. The van der Waals surface area contributed by atoms with Crippen molar-refractivity contribution >= 4 is 0 Å². The maximum absolute atomic E-state index is 4.36. The Hall–Kier alpha value is -2.40. The third-order valence-corrected chi connectivity index (χ3v) is 2.86. The van der Waals surface area contributed by atoms with Crippen molar-refractivity contribution in [2.24, 2.45) is 0 Å². The molecule has 3 rings (SSSR count). The highest BCUT2D eigenvalue weighted by Crippen LogP contribution is 2.07. The quantitative estimate of drug-likeness (QED) is 0.730. The van der Waals surface area contributed by atoms with Gasteiger partial charge in [0.2, 0.25) is 0 Å².